The van der Waals surface area contributed by atoms with E-state index >= 15 is 0 Å². The van der Waals surface area contributed by atoms with Gasteiger partial charge in [-0.2, -0.15) is 0 Å². The number of ether oxygens (including phenoxy) is 4. The summed E-state index contributed by atoms with van der Waals surface area (Å²) in [4.78, 5) is 72.8. The molecule has 0 radical (unpaired) electrons. The van der Waals surface area contributed by atoms with Crippen molar-refractivity contribution in [2.45, 2.75) is 407 Å². The summed E-state index contributed by atoms with van der Waals surface area (Å²) in [5.74, 6) is 0.222. The monoisotopic (exact) mass is 1400 g/mol. The highest BCUT2D eigenvalue weighted by molar-refractivity contribution is 7.47. The molecule has 0 saturated carbocycles. The van der Waals surface area contributed by atoms with Crippen LogP contribution in [0.1, 0.15) is 389 Å². The van der Waals surface area contributed by atoms with Crippen LogP contribution in [0.4, 0.5) is 0 Å². The smallest absolute Gasteiger partial charge is 0.462 e. The molecule has 6 atom stereocenters. The summed E-state index contributed by atoms with van der Waals surface area (Å²) < 4.78 is 68.5. The summed E-state index contributed by atoms with van der Waals surface area (Å²) in [6.45, 7) is 11.9. The summed E-state index contributed by atoms with van der Waals surface area (Å²) in [5, 5.41) is 10.6. The van der Waals surface area contributed by atoms with Crippen LogP contribution in [-0.4, -0.2) is 96.7 Å². The van der Waals surface area contributed by atoms with Crippen molar-refractivity contribution in [1.29, 1.82) is 0 Å². The Hall–Kier alpha value is -1.94. The minimum absolute atomic E-state index is 0.107. The fraction of sp³-hybridized carbons (Fsp3) is 0.947. The summed E-state index contributed by atoms with van der Waals surface area (Å²) in [6.07, 6.45) is 52.6. The number of unbranched alkanes of at least 4 members (excludes halogenated alkanes) is 41. The summed E-state index contributed by atoms with van der Waals surface area (Å²) in [6, 6.07) is 0. The van der Waals surface area contributed by atoms with Crippen molar-refractivity contribution in [3.05, 3.63) is 0 Å². The van der Waals surface area contributed by atoms with Gasteiger partial charge in [-0.15, -0.1) is 0 Å². The lowest BCUT2D eigenvalue weighted by molar-refractivity contribution is -0.161. The Balaban J connectivity index is 5.25. The third-order valence-corrected chi connectivity index (χ3v) is 19.9. The number of aliphatic hydroxyl groups excluding tert-OH is 1. The van der Waals surface area contributed by atoms with E-state index < -0.39 is 97.5 Å². The predicted molar refractivity (Wildman–Crippen MR) is 386 cm³/mol. The van der Waals surface area contributed by atoms with Gasteiger partial charge in [0.1, 0.15) is 19.3 Å². The highest BCUT2D eigenvalue weighted by Crippen LogP contribution is 2.45. The van der Waals surface area contributed by atoms with E-state index in [-0.39, 0.29) is 25.7 Å². The van der Waals surface area contributed by atoms with Crippen LogP contribution in [0.25, 0.3) is 0 Å². The highest BCUT2D eigenvalue weighted by atomic mass is 31.2. The molecule has 0 saturated heterocycles. The maximum Gasteiger partial charge on any atom is 0.472 e. The molecule has 0 aliphatic heterocycles. The van der Waals surface area contributed by atoms with Gasteiger partial charge in [0.15, 0.2) is 12.2 Å². The first kappa shape index (κ1) is 93.1. The van der Waals surface area contributed by atoms with E-state index in [1.165, 1.54) is 199 Å². The Bertz CT molecular complexity index is 1850. The SMILES string of the molecule is CCCCCCCCCCCCCCC(=O)O[C@H](COC(=O)CCCCCCCCCCC(C)C)COP(=O)(O)OC[C@H](O)COP(=O)(O)OC[C@@H](COC(=O)CCCCCCCCCCCCC(C)CC)OC(=O)CCCCCCCCCCCCCCCCCC(C)C. The molecule has 0 spiro atoms. The van der Waals surface area contributed by atoms with Crippen LogP contribution in [0.5, 0.6) is 0 Å². The number of hydrogen-bond donors (Lipinski definition) is 3. The number of carbonyl (C=O) groups excluding carboxylic acids is 4. The van der Waals surface area contributed by atoms with Crippen LogP contribution >= 0.6 is 15.6 Å². The van der Waals surface area contributed by atoms with Gasteiger partial charge in [-0.05, 0) is 43.4 Å². The third kappa shape index (κ3) is 69.0. The predicted octanol–water partition coefficient (Wildman–Crippen LogP) is 22.2. The number of aliphatic hydroxyl groups is 1. The first-order valence-corrected chi connectivity index (χ1v) is 42.4. The minimum atomic E-state index is -4.96. The van der Waals surface area contributed by atoms with Crippen molar-refractivity contribution in [2.75, 3.05) is 39.6 Å². The van der Waals surface area contributed by atoms with Crippen LogP contribution < -0.4 is 0 Å². The van der Waals surface area contributed by atoms with E-state index in [2.05, 4.69) is 48.5 Å². The first-order valence-electron chi connectivity index (χ1n) is 39.4. The molecule has 0 fully saturated rings. The lowest BCUT2D eigenvalue weighted by atomic mass is 9.99. The number of esters is 4. The van der Waals surface area contributed by atoms with Gasteiger partial charge in [0, 0.05) is 25.7 Å². The van der Waals surface area contributed by atoms with Crippen molar-refractivity contribution >= 4 is 39.5 Å². The molecule has 0 aromatic heterocycles. The molecule has 0 aromatic rings. The maximum absolute atomic E-state index is 13.1. The molecule has 0 bridgehead atoms. The second-order valence-electron chi connectivity index (χ2n) is 28.6. The normalized spacial score (nSPS) is 14.4. The van der Waals surface area contributed by atoms with E-state index in [1.54, 1.807) is 0 Å². The Morgan fingerprint density at radius 2 is 0.537 bits per heavy atom. The molecule has 3 unspecified atom stereocenters. The lowest BCUT2D eigenvalue weighted by Crippen LogP contribution is -2.30. The molecule has 0 aliphatic carbocycles. The Morgan fingerprint density at radius 1 is 0.305 bits per heavy atom. The van der Waals surface area contributed by atoms with E-state index in [9.17, 15) is 43.2 Å². The molecule has 0 amide bonds. The van der Waals surface area contributed by atoms with Gasteiger partial charge in [0.05, 0.1) is 26.4 Å². The molecule has 0 heterocycles. The van der Waals surface area contributed by atoms with E-state index in [0.717, 1.165) is 108 Å². The highest BCUT2D eigenvalue weighted by Gasteiger charge is 2.30. The van der Waals surface area contributed by atoms with Gasteiger partial charge in [0.25, 0.3) is 0 Å². The van der Waals surface area contributed by atoms with Gasteiger partial charge in [-0.25, -0.2) is 9.13 Å². The summed E-state index contributed by atoms with van der Waals surface area (Å²) in [5.41, 5.74) is 0. The van der Waals surface area contributed by atoms with Gasteiger partial charge < -0.3 is 33.8 Å². The number of phosphoric acid groups is 2. The molecule has 3 N–H and O–H groups in total. The second kappa shape index (κ2) is 66.6. The fourth-order valence-corrected chi connectivity index (χ4v) is 13.1. The fourth-order valence-electron chi connectivity index (χ4n) is 11.6. The number of phosphoric ester groups is 2. The first-order chi connectivity index (χ1) is 45.8. The third-order valence-electron chi connectivity index (χ3n) is 18.0. The average Bonchev–Trinajstić information content (AvgIpc) is 1.49. The van der Waals surface area contributed by atoms with Crippen molar-refractivity contribution < 1.29 is 80.2 Å². The molecule has 0 aromatic carbocycles. The quantitative estimate of drug-likeness (QED) is 0.0222. The van der Waals surface area contributed by atoms with Gasteiger partial charge in [-0.3, -0.25) is 37.3 Å². The van der Waals surface area contributed by atoms with Crippen molar-refractivity contribution in [2.24, 2.45) is 17.8 Å². The molecule has 19 heteroatoms. The average molecular weight is 1400 g/mol. The van der Waals surface area contributed by atoms with Crippen LogP contribution in [0.2, 0.25) is 0 Å². The number of carbonyl (C=O) groups is 4. The Labute approximate surface area is 581 Å². The zero-order chi connectivity index (χ0) is 70.1. The summed E-state index contributed by atoms with van der Waals surface area (Å²) >= 11 is 0. The van der Waals surface area contributed by atoms with Gasteiger partial charge >= 0.3 is 39.5 Å². The standard InChI is InChI=1S/C76H148O17P2/c1-8-10-11-12-13-14-15-22-29-38-45-52-59-75(80)93-72(64-87-74(79)58-51-44-37-32-31-34-41-48-55-68(5)6)66-91-95(84,85)89-62-70(77)61-88-94(82,83)90-65-71(63-86-73(78)57-50-43-36-28-25-24-27-35-42-49-56-69(7)9-2)92-76(81)60-53-46-39-30-23-20-18-16-17-19-21-26-33-40-47-54-67(3)4/h67-72,77H,8-66H2,1-7H3,(H,82,83)(H,84,85)/t69?,70-,71-,72-/m1/s1. The molecule has 0 aliphatic rings. The molecular formula is C76H148O17P2. The van der Waals surface area contributed by atoms with Crippen LogP contribution in [0.3, 0.4) is 0 Å². The van der Waals surface area contributed by atoms with Crippen molar-refractivity contribution in [3.8, 4) is 0 Å². The molecule has 17 nitrogen and oxygen atoms in total. The van der Waals surface area contributed by atoms with Gasteiger partial charge in [0.2, 0.25) is 0 Å². The molecule has 95 heavy (non-hydrogen) atoms. The maximum atomic E-state index is 13.1. The zero-order valence-electron chi connectivity index (χ0n) is 62.1. The van der Waals surface area contributed by atoms with E-state index in [4.69, 9.17) is 37.0 Å². The number of rotatable bonds is 74. The largest absolute Gasteiger partial charge is 0.472 e. The van der Waals surface area contributed by atoms with Crippen LogP contribution in [0, 0.1) is 17.8 Å². The van der Waals surface area contributed by atoms with Gasteiger partial charge in [-0.1, -0.05) is 337 Å². The molecular weight excluding hydrogens is 1250 g/mol. The topological polar surface area (TPSA) is 237 Å². The van der Waals surface area contributed by atoms with Crippen molar-refractivity contribution in [1.82, 2.24) is 0 Å². The summed E-state index contributed by atoms with van der Waals surface area (Å²) in [7, 11) is -9.91. The molecule has 0 rings (SSSR count). The van der Waals surface area contributed by atoms with Crippen molar-refractivity contribution in [3.63, 3.8) is 0 Å². The molecule has 564 valence electrons. The number of hydrogen-bond acceptors (Lipinski definition) is 15. The lowest BCUT2D eigenvalue weighted by Gasteiger charge is -2.21. The van der Waals surface area contributed by atoms with Crippen LogP contribution in [0.15, 0.2) is 0 Å². The second-order valence-corrected chi connectivity index (χ2v) is 31.5. The van der Waals surface area contributed by atoms with E-state index in [0.29, 0.717) is 25.7 Å². The minimum Gasteiger partial charge on any atom is -0.462 e. The Kier molecular flexibility index (Phi) is 65.2. The Morgan fingerprint density at radius 3 is 0.800 bits per heavy atom. The van der Waals surface area contributed by atoms with E-state index in [1.807, 2.05) is 0 Å². The van der Waals surface area contributed by atoms with Crippen LogP contribution in [-0.2, 0) is 65.4 Å². The zero-order valence-corrected chi connectivity index (χ0v) is 63.9.